The number of hydrogen-bond donors (Lipinski definition) is 1. The lowest BCUT2D eigenvalue weighted by Crippen LogP contribution is -2.20. The van der Waals surface area contributed by atoms with Crippen LogP contribution in [0.25, 0.3) is 10.2 Å². The summed E-state index contributed by atoms with van der Waals surface area (Å²) in [7, 11) is 3.93. The van der Waals surface area contributed by atoms with Crippen molar-refractivity contribution in [1.82, 2.24) is 9.88 Å². The lowest BCUT2D eigenvalue weighted by molar-refractivity contribution is 0.425. The summed E-state index contributed by atoms with van der Waals surface area (Å²) in [5.74, 6) is -1.18. The predicted octanol–water partition coefficient (Wildman–Crippen LogP) is 2.55. The van der Waals surface area contributed by atoms with E-state index in [1.165, 1.54) is 17.4 Å². The molecule has 0 radical (unpaired) electrons. The fraction of sp³-hybridized carbons (Fsp3) is 0.364. The van der Waals surface area contributed by atoms with Crippen LogP contribution in [0.3, 0.4) is 0 Å². The molecule has 0 aliphatic heterocycles. The van der Waals surface area contributed by atoms with Crippen LogP contribution in [-0.4, -0.2) is 37.1 Å². The summed E-state index contributed by atoms with van der Waals surface area (Å²) in [5.41, 5.74) is 0.226. The summed E-state index contributed by atoms with van der Waals surface area (Å²) in [6.07, 6.45) is 0. The second-order valence-corrected chi connectivity index (χ2v) is 5.01. The highest BCUT2D eigenvalue weighted by atomic mass is 32.1. The Bertz CT molecular complexity index is 525. The molecule has 1 N–H and O–H groups in total. The lowest BCUT2D eigenvalue weighted by atomic mass is 10.3. The lowest BCUT2D eigenvalue weighted by Gasteiger charge is -2.08. The summed E-state index contributed by atoms with van der Waals surface area (Å²) < 4.78 is 26.9. The van der Waals surface area contributed by atoms with Crippen molar-refractivity contribution in [2.24, 2.45) is 0 Å². The first-order chi connectivity index (χ1) is 8.06. The molecular weight excluding hydrogens is 244 g/mol. The quantitative estimate of drug-likeness (QED) is 0.912. The molecule has 0 unspecified atom stereocenters. The van der Waals surface area contributed by atoms with Gasteiger partial charge in [0.15, 0.2) is 10.9 Å². The van der Waals surface area contributed by atoms with Gasteiger partial charge in [0.1, 0.15) is 11.3 Å². The summed E-state index contributed by atoms with van der Waals surface area (Å²) >= 11 is 1.26. The number of thiazole rings is 1. The van der Waals surface area contributed by atoms with Gasteiger partial charge in [-0.3, -0.25) is 0 Å². The molecule has 2 aromatic rings. The molecule has 0 aliphatic carbocycles. The molecule has 0 saturated heterocycles. The van der Waals surface area contributed by atoms with Gasteiger partial charge in [0.05, 0.1) is 4.70 Å². The van der Waals surface area contributed by atoms with E-state index in [1.54, 1.807) is 0 Å². The molecule has 6 heteroatoms. The molecule has 0 fully saturated rings. The predicted molar refractivity (Wildman–Crippen MR) is 66.6 cm³/mol. The molecule has 0 spiro atoms. The smallest absolute Gasteiger partial charge is 0.183 e. The Balaban J connectivity index is 2.17. The van der Waals surface area contributed by atoms with E-state index in [4.69, 9.17) is 0 Å². The van der Waals surface area contributed by atoms with Crippen LogP contribution in [0, 0.1) is 11.6 Å². The number of nitrogens with zero attached hydrogens (tertiary/aromatic N) is 2. The topological polar surface area (TPSA) is 28.2 Å². The van der Waals surface area contributed by atoms with Crippen LogP contribution in [0.5, 0.6) is 0 Å². The van der Waals surface area contributed by atoms with E-state index in [-0.39, 0.29) is 5.52 Å². The summed E-state index contributed by atoms with van der Waals surface area (Å²) in [5, 5.41) is 3.71. The number of nitrogens with one attached hydrogen (secondary N) is 1. The van der Waals surface area contributed by atoms with Gasteiger partial charge in [0, 0.05) is 19.2 Å². The van der Waals surface area contributed by atoms with Crippen molar-refractivity contribution >= 4 is 26.7 Å². The minimum Gasteiger partial charge on any atom is -0.360 e. The van der Waals surface area contributed by atoms with Crippen molar-refractivity contribution in [3.05, 3.63) is 23.8 Å². The molecule has 3 nitrogen and oxygen atoms in total. The number of anilines is 1. The van der Waals surface area contributed by atoms with Crippen LogP contribution in [0.15, 0.2) is 12.1 Å². The Hall–Kier alpha value is -1.27. The minimum atomic E-state index is -0.614. The van der Waals surface area contributed by atoms with Crippen molar-refractivity contribution < 1.29 is 8.78 Å². The fourth-order valence-corrected chi connectivity index (χ4v) is 2.35. The van der Waals surface area contributed by atoms with Gasteiger partial charge in [0.25, 0.3) is 0 Å². The highest BCUT2D eigenvalue weighted by Crippen LogP contribution is 2.28. The first-order valence-corrected chi connectivity index (χ1v) is 6.02. The Morgan fingerprint density at radius 1 is 1.35 bits per heavy atom. The van der Waals surface area contributed by atoms with E-state index in [2.05, 4.69) is 10.3 Å². The van der Waals surface area contributed by atoms with Gasteiger partial charge in [0.2, 0.25) is 0 Å². The number of likely N-dealkylation sites (N-methyl/N-ethyl adjacent to an activating group) is 1. The number of hydrogen-bond acceptors (Lipinski definition) is 4. The third-order valence-electron chi connectivity index (χ3n) is 2.25. The summed E-state index contributed by atoms with van der Waals surface area (Å²) in [6, 6.07) is 2.15. The highest BCUT2D eigenvalue weighted by Gasteiger charge is 2.10. The second-order valence-electron chi connectivity index (χ2n) is 3.98. The number of benzene rings is 1. The number of fused-ring (bicyclic) bond motifs is 1. The SMILES string of the molecule is CN(C)CCNc1nc2c(F)cc(F)cc2s1. The van der Waals surface area contributed by atoms with E-state index in [0.717, 1.165) is 19.2 Å². The average molecular weight is 257 g/mol. The number of rotatable bonds is 4. The van der Waals surface area contributed by atoms with Gasteiger partial charge < -0.3 is 10.2 Å². The minimum absolute atomic E-state index is 0.226. The Morgan fingerprint density at radius 3 is 2.82 bits per heavy atom. The molecule has 2 rings (SSSR count). The summed E-state index contributed by atoms with van der Waals surface area (Å²) in [4.78, 5) is 6.13. The molecule has 1 aromatic heterocycles. The summed E-state index contributed by atoms with van der Waals surface area (Å²) in [6.45, 7) is 1.57. The average Bonchev–Trinajstić information content (AvgIpc) is 2.60. The zero-order valence-electron chi connectivity index (χ0n) is 9.63. The van der Waals surface area contributed by atoms with Crippen LogP contribution in [0.4, 0.5) is 13.9 Å². The van der Waals surface area contributed by atoms with Gasteiger partial charge in [-0.1, -0.05) is 11.3 Å². The molecule has 17 heavy (non-hydrogen) atoms. The maximum atomic E-state index is 13.4. The second kappa shape index (κ2) is 4.93. The van der Waals surface area contributed by atoms with Crippen LogP contribution in [0.1, 0.15) is 0 Å². The molecule has 0 saturated carbocycles. The Kier molecular flexibility index (Phi) is 3.54. The zero-order valence-corrected chi connectivity index (χ0v) is 10.4. The zero-order chi connectivity index (χ0) is 12.4. The standard InChI is InChI=1S/C11H13F2N3S/c1-16(2)4-3-14-11-15-10-8(13)5-7(12)6-9(10)17-11/h5-6H,3-4H2,1-2H3,(H,14,15). The van der Waals surface area contributed by atoms with E-state index in [0.29, 0.717) is 9.83 Å². The third kappa shape index (κ3) is 2.89. The van der Waals surface area contributed by atoms with Gasteiger partial charge in [-0.05, 0) is 20.2 Å². The maximum Gasteiger partial charge on any atom is 0.183 e. The van der Waals surface area contributed by atoms with Crippen LogP contribution in [-0.2, 0) is 0 Å². The van der Waals surface area contributed by atoms with Gasteiger partial charge >= 0.3 is 0 Å². The van der Waals surface area contributed by atoms with E-state index in [9.17, 15) is 8.78 Å². The molecule has 1 aromatic carbocycles. The molecule has 0 atom stereocenters. The monoisotopic (exact) mass is 257 g/mol. The van der Waals surface area contributed by atoms with Crippen molar-refractivity contribution in [2.75, 3.05) is 32.5 Å². The van der Waals surface area contributed by atoms with Crippen LogP contribution in [0.2, 0.25) is 0 Å². The Labute approximate surface area is 102 Å². The molecule has 0 amide bonds. The van der Waals surface area contributed by atoms with Gasteiger partial charge in [-0.2, -0.15) is 0 Å². The maximum absolute atomic E-state index is 13.4. The van der Waals surface area contributed by atoms with E-state index in [1.807, 2.05) is 19.0 Å². The number of halogens is 2. The van der Waals surface area contributed by atoms with Gasteiger partial charge in [-0.15, -0.1) is 0 Å². The van der Waals surface area contributed by atoms with Crippen molar-refractivity contribution in [2.45, 2.75) is 0 Å². The van der Waals surface area contributed by atoms with E-state index < -0.39 is 11.6 Å². The largest absolute Gasteiger partial charge is 0.360 e. The van der Waals surface area contributed by atoms with Crippen molar-refractivity contribution in [3.8, 4) is 0 Å². The third-order valence-corrected chi connectivity index (χ3v) is 3.21. The fourth-order valence-electron chi connectivity index (χ4n) is 1.42. The molecule has 0 aliphatic rings. The van der Waals surface area contributed by atoms with Crippen molar-refractivity contribution in [3.63, 3.8) is 0 Å². The first-order valence-electron chi connectivity index (χ1n) is 5.20. The molecule has 0 bridgehead atoms. The van der Waals surface area contributed by atoms with E-state index >= 15 is 0 Å². The number of aromatic nitrogens is 1. The van der Waals surface area contributed by atoms with Crippen LogP contribution >= 0.6 is 11.3 Å². The normalized spacial score (nSPS) is 11.4. The van der Waals surface area contributed by atoms with Crippen LogP contribution < -0.4 is 5.32 Å². The molecule has 92 valence electrons. The molecular formula is C11H13F2N3S. The first kappa shape index (κ1) is 12.2. The van der Waals surface area contributed by atoms with Crippen molar-refractivity contribution in [1.29, 1.82) is 0 Å². The highest BCUT2D eigenvalue weighted by molar-refractivity contribution is 7.22. The Morgan fingerprint density at radius 2 is 2.12 bits per heavy atom. The van der Waals surface area contributed by atoms with Gasteiger partial charge in [-0.25, -0.2) is 13.8 Å². The molecule has 1 heterocycles.